The van der Waals surface area contributed by atoms with E-state index < -0.39 is 8.80 Å². The fourth-order valence-electron chi connectivity index (χ4n) is 8.61. The second-order valence-electron chi connectivity index (χ2n) is 13.1. The SMILES string of the molecule is C[SiH]1C2=CCC3C(=C2c2ccc(N(c4ccccc4)c4ccc5c6c(oc5c4)-c4ccccc4CC6)cc21)SC1C=CC=CC13. The zero-order valence-corrected chi connectivity index (χ0v) is 27.2. The van der Waals surface area contributed by atoms with Crippen LogP contribution in [-0.2, 0) is 12.8 Å². The van der Waals surface area contributed by atoms with Gasteiger partial charge in [0, 0.05) is 56.7 Å². The van der Waals surface area contributed by atoms with Gasteiger partial charge < -0.3 is 9.32 Å². The van der Waals surface area contributed by atoms with E-state index in [9.17, 15) is 0 Å². The Bertz CT molecular complexity index is 2170. The van der Waals surface area contributed by atoms with Crippen LogP contribution in [0, 0.1) is 11.8 Å². The van der Waals surface area contributed by atoms with Crippen LogP contribution in [-0.4, -0.2) is 14.0 Å². The first-order chi connectivity index (χ1) is 22.2. The number of furan rings is 1. The highest BCUT2D eigenvalue weighted by Crippen LogP contribution is 2.57. The molecule has 0 N–H and O–H groups in total. The van der Waals surface area contributed by atoms with E-state index in [-0.39, 0.29) is 0 Å². The summed E-state index contributed by atoms with van der Waals surface area (Å²) in [4.78, 5) is 4.07. The molecule has 1 aromatic heterocycles. The van der Waals surface area contributed by atoms with Gasteiger partial charge >= 0.3 is 0 Å². The Morgan fingerprint density at radius 1 is 0.800 bits per heavy atom. The number of nitrogens with zero attached hydrogens (tertiary/aromatic N) is 1. The lowest BCUT2D eigenvalue weighted by atomic mass is 9.80. The first kappa shape index (κ1) is 26.0. The summed E-state index contributed by atoms with van der Waals surface area (Å²) in [7, 11) is -1.31. The number of benzene rings is 4. The highest BCUT2D eigenvalue weighted by Gasteiger charge is 2.45. The molecule has 5 aliphatic rings. The van der Waals surface area contributed by atoms with Gasteiger partial charge in [-0.1, -0.05) is 90.7 Å². The zero-order valence-electron chi connectivity index (χ0n) is 25.2. The lowest BCUT2D eigenvalue weighted by Gasteiger charge is -2.26. The Hall–Kier alpha value is -4.25. The van der Waals surface area contributed by atoms with Crippen molar-refractivity contribution in [3.05, 3.63) is 148 Å². The average Bonchev–Trinajstić information content (AvgIpc) is 3.75. The molecule has 45 heavy (non-hydrogen) atoms. The summed E-state index contributed by atoms with van der Waals surface area (Å²) < 4.78 is 6.67. The van der Waals surface area contributed by atoms with E-state index in [1.165, 1.54) is 45.4 Å². The lowest BCUT2D eigenvalue weighted by Crippen LogP contribution is -2.26. The number of hydrogen-bond donors (Lipinski definition) is 0. The smallest absolute Gasteiger partial charge is 0.138 e. The second kappa shape index (κ2) is 9.87. The third-order valence-electron chi connectivity index (χ3n) is 10.8. The van der Waals surface area contributed by atoms with Crippen molar-refractivity contribution in [1.82, 2.24) is 0 Å². The minimum Gasteiger partial charge on any atom is -0.456 e. The monoisotopic (exact) mass is 615 g/mol. The van der Waals surface area contributed by atoms with Crippen LogP contribution in [0.15, 0.2) is 136 Å². The summed E-state index contributed by atoms with van der Waals surface area (Å²) >= 11 is 2.13. The predicted molar refractivity (Wildman–Crippen MR) is 193 cm³/mol. The van der Waals surface area contributed by atoms with Crippen molar-refractivity contribution >= 4 is 59.3 Å². The highest BCUT2D eigenvalue weighted by atomic mass is 32.2. The normalized spacial score (nSPS) is 23.6. The molecule has 4 heteroatoms. The molecule has 5 aromatic rings. The molecular weight excluding hydrogens is 583 g/mol. The minimum atomic E-state index is -1.31. The fourth-order valence-corrected chi connectivity index (χ4v) is 13.1. The summed E-state index contributed by atoms with van der Waals surface area (Å²) in [5.41, 5.74) is 11.5. The maximum absolute atomic E-state index is 6.67. The van der Waals surface area contributed by atoms with Gasteiger partial charge in [0.15, 0.2) is 0 Å². The average molecular weight is 616 g/mol. The molecule has 2 nitrogen and oxygen atoms in total. The summed E-state index contributed by atoms with van der Waals surface area (Å²) in [5.74, 6) is 2.31. The van der Waals surface area contributed by atoms with Crippen LogP contribution < -0.4 is 10.1 Å². The van der Waals surface area contributed by atoms with Gasteiger partial charge in [0.05, 0.1) is 0 Å². The van der Waals surface area contributed by atoms with E-state index in [1.807, 2.05) is 0 Å². The number of aryl methyl sites for hydroxylation is 2. The molecule has 0 amide bonds. The van der Waals surface area contributed by atoms with Crippen molar-refractivity contribution in [2.45, 2.75) is 31.1 Å². The maximum Gasteiger partial charge on any atom is 0.138 e. The highest BCUT2D eigenvalue weighted by molar-refractivity contribution is 8.04. The number of thioether (sulfide) groups is 1. The lowest BCUT2D eigenvalue weighted by molar-refractivity contribution is 0.501. The zero-order chi connectivity index (χ0) is 29.6. The predicted octanol–water partition coefficient (Wildman–Crippen LogP) is 9.80. The number of hydrogen-bond acceptors (Lipinski definition) is 3. The molecule has 3 heterocycles. The molecule has 0 bridgehead atoms. The second-order valence-corrected chi connectivity index (χ2v) is 17.0. The van der Waals surface area contributed by atoms with E-state index in [2.05, 4.69) is 145 Å². The first-order valence-electron chi connectivity index (χ1n) is 16.3. The molecule has 1 saturated heterocycles. The van der Waals surface area contributed by atoms with Crippen LogP contribution in [0.5, 0.6) is 0 Å². The molecule has 2 aliphatic heterocycles. The van der Waals surface area contributed by atoms with Crippen molar-refractivity contribution in [3.8, 4) is 11.3 Å². The number of fused-ring (bicyclic) bond motifs is 11. The molecule has 3 aliphatic carbocycles. The number of anilines is 3. The van der Waals surface area contributed by atoms with Crippen molar-refractivity contribution in [2.75, 3.05) is 4.90 Å². The van der Waals surface area contributed by atoms with E-state index in [0.29, 0.717) is 17.1 Å². The number of rotatable bonds is 3. The standard InChI is InChI=1S/C41H33NOSSi/c1-45-37-22-21-33-31-13-7-8-14-36(31)44-41(33)39(37)34-20-17-28(24-38(34)45)42(26-10-3-2-4-11-26)27-16-19-30-32-18-15-25-9-5-6-12-29(25)40(32)43-35(30)23-27/h2-14,16-17,19-20,22-24,31,33,36,45H,15,18,21H2,1H3. The molecule has 4 aromatic carbocycles. The maximum atomic E-state index is 6.67. The Morgan fingerprint density at radius 3 is 2.56 bits per heavy atom. The largest absolute Gasteiger partial charge is 0.456 e. The molecular formula is C41H33NOSSi. The van der Waals surface area contributed by atoms with E-state index in [0.717, 1.165) is 29.9 Å². The van der Waals surface area contributed by atoms with Crippen LogP contribution in [0.3, 0.4) is 0 Å². The number of allylic oxidation sites excluding steroid dienone is 7. The summed E-state index contributed by atoms with van der Waals surface area (Å²) in [6.45, 7) is 2.54. The van der Waals surface area contributed by atoms with Crippen LogP contribution in [0.25, 0.3) is 27.9 Å². The fraction of sp³-hybridized carbons (Fsp3) is 0.171. The third-order valence-corrected chi connectivity index (χ3v) is 15.1. The van der Waals surface area contributed by atoms with Crippen LogP contribution in [0.4, 0.5) is 17.1 Å². The Morgan fingerprint density at radius 2 is 1.62 bits per heavy atom. The minimum absolute atomic E-state index is 0.583. The Kier molecular flexibility index (Phi) is 5.71. The molecule has 0 spiro atoms. The molecule has 0 saturated carbocycles. The molecule has 218 valence electrons. The van der Waals surface area contributed by atoms with Crippen molar-refractivity contribution in [1.29, 1.82) is 0 Å². The van der Waals surface area contributed by atoms with Gasteiger partial charge in [-0.15, -0.1) is 11.8 Å². The Labute approximate surface area is 270 Å². The molecule has 10 rings (SSSR count). The summed E-state index contributed by atoms with van der Waals surface area (Å²) in [6.07, 6.45) is 15.3. The van der Waals surface area contributed by atoms with Gasteiger partial charge in [-0.05, 0) is 82.5 Å². The van der Waals surface area contributed by atoms with Gasteiger partial charge in [-0.2, -0.15) is 0 Å². The van der Waals surface area contributed by atoms with E-state index in [4.69, 9.17) is 4.42 Å². The molecule has 0 radical (unpaired) electrons. The summed E-state index contributed by atoms with van der Waals surface area (Å²) in [6, 6.07) is 33.7. The number of para-hydroxylation sites is 1. The van der Waals surface area contributed by atoms with Gasteiger partial charge in [0.1, 0.15) is 20.1 Å². The van der Waals surface area contributed by atoms with E-state index >= 15 is 0 Å². The van der Waals surface area contributed by atoms with Crippen molar-refractivity contribution in [2.24, 2.45) is 11.8 Å². The molecule has 1 fully saturated rings. The van der Waals surface area contributed by atoms with Gasteiger partial charge in [0.25, 0.3) is 0 Å². The quantitative estimate of drug-likeness (QED) is 0.188. The van der Waals surface area contributed by atoms with Crippen LogP contribution in [0.2, 0.25) is 6.55 Å². The van der Waals surface area contributed by atoms with E-state index in [1.54, 1.807) is 20.9 Å². The Balaban J connectivity index is 1.10. The van der Waals surface area contributed by atoms with Gasteiger partial charge in [-0.25, -0.2) is 0 Å². The van der Waals surface area contributed by atoms with Crippen molar-refractivity contribution in [3.63, 3.8) is 0 Å². The third kappa shape index (κ3) is 3.82. The molecule has 4 unspecified atom stereocenters. The topological polar surface area (TPSA) is 16.4 Å². The van der Waals surface area contributed by atoms with Gasteiger partial charge in [0.2, 0.25) is 0 Å². The first-order valence-corrected chi connectivity index (χ1v) is 19.5. The van der Waals surface area contributed by atoms with Crippen LogP contribution >= 0.6 is 11.8 Å². The van der Waals surface area contributed by atoms with Crippen LogP contribution in [0.1, 0.15) is 23.1 Å². The van der Waals surface area contributed by atoms with Crippen molar-refractivity contribution < 1.29 is 4.42 Å². The molecule has 4 atom stereocenters. The summed E-state index contributed by atoms with van der Waals surface area (Å²) in [5, 5.41) is 5.07. The van der Waals surface area contributed by atoms with Gasteiger partial charge in [-0.3, -0.25) is 0 Å².